The van der Waals surface area contributed by atoms with Crippen LogP contribution in [0.1, 0.15) is 10.4 Å². The predicted octanol–water partition coefficient (Wildman–Crippen LogP) is 3.02. The second kappa shape index (κ2) is 3.63. The Hall–Kier alpha value is -2.75. The van der Waals surface area contributed by atoms with Crippen molar-refractivity contribution in [2.45, 2.75) is 0 Å². The first-order valence-electron chi connectivity index (χ1n) is 6.26. The van der Waals surface area contributed by atoms with Crippen molar-refractivity contribution in [3.63, 3.8) is 0 Å². The van der Waals surface area contributed by atoms with Crippen LogP contribution in [0.4, 0.5) is 0 Å². The quantitative estimate of drug-likeness (QED) is 0.575. The summed E-state index contributed by atoms with van der Waals surface area (Å²) in [5.74, 6) is 0.764. The maximum absolute atomic E-state index is 12.5. The Morgan fingerprint density at radius 2 is 1.90 bits per heavy atom. The zero-order valence-corrected chi connectivity index (χ0v) is 10.8. The molecule has 0 spiro atoms. The number of ether oxygens (including phenoxy) is 1. The molecule has 0 saturated heterocycles. The van der Waals surface area contributed by atoms with E-state index in [0.29, 0.717) is 5.56 Å². The van der Waals surface area contributed by atoms with Crippen LogP contribution in [-0.4, -0.2) is 22.7 Å². The van der Waals surface area contributed by atoms with Gasteiger partial charge in [0.15, 0.2) is 0 Å². The normalized spacial score (nSPS) is 12.6. The van der Waals surface area contributed by atoms with Gasteiger partial charge in [0, 0.05) is 10.9 Å². The number of benzene rings is 2. The maximum atomic E-state index is 12.5. The van der Waals surface area contributed by atoms with Gasteiger partial charge in [0.05, 0.1) is 23.9 Å². The van der Waals surface area contributed by atoms with Crippen LogP contribution in [0.25, 0.3) is 22.2 Å². The smallest absolute Gasteiger partial charge is 0.263 e. The van der Waals surface area contributed by atoms with Crippen molar-refractivity contribution in [1.29, 1.82) is 0 Å². The lowest BCUT2D eigenvalue weighted by Gasteiger charge is -2.02. The van der Waals surface area contributed by atoms with Crippen LogP contribution >= 0.6 is 0 Å². The Balaban J connectivity index is 2.05. The van der Waals surface area contributed by atoms with Crippen molar-refractivity contribution in [3.05, 3.63) is 48.0 Å². The molecular formula is C16H11NO3. The third-order valence-electron chi connectivity index (χ3n) is 3.72. The van der Waals surface area contributed by atoms with E-state index >= 15 is 0 Å². The van der Waals surface area contributed by atoms with E-state index in [1.807, 2.05) is 24.3 Å². The summed E-state index contributed by atoms with van der Waals surface area (Å²) < 4.78 is 6.89. The highest BCUT2D eigenvalue weighted by Gasteiger charge is 2.28. The van der Waals surface area contributed by atoms with Gasteiger partial charge in [-0.1, -0.05) is 0 Å². The molecule has 0 fully saturated rings. The zero-order chi connectivity index (χ0) is 13.9. The molecular weight excluding hydrogens is 254 g/mol. The molecule has 0 amide bonds. The molecule has 20 heavy (non-hydrogen) atoms. The average molecular weight is 265 g/mol. The number of carbonyl (C=O) groups is 1. The predicted molar refractivity (Wildman–Crippen MR) is 75.3 cm³/mol. The van der Waals surface area contributed by atoms with Crippen LogP contribution in [-0.2, 0) is 0 Å². The van der Waals surface area contributed by atoms with Crippen molar-refractivity contribution in [3.8, 4) is 22.8 Å². The van der Waals surface area contributed by atoms with Crippen LogP contribution < -0.4 is 4.74 Å². The summed E-state index contributed by atoms with van der Waals surface area (Å²) in [5, 5.41) is 10.5. The molecule has 1 aliphatic rings. The fraction of sp³-hybridized carbons (Fsp3) is 0.0625. The monoisotopic (exact) mass is 265 g/mol. The van der Waals surface area contributed by atoms with Gasteiger partial charge in [-0.15, -0.1) is 0 Å². The maximum Gasteiger partial charge on any atom is 0.263 e. The van der Waals surface area contributed by atoms with Crippen LogP contribution in [0.5, 0.6) is 11.5 Å². The molecule has 1 aliphatic heterocycles. The summed E-state index contributed by atoms with van der Waals surface area (Å²) in [7, 11) is 1.62. The first-order valence-corrected chi connectivity index (χ1v) is 6.26. The molecule has 4 nitrogen and oxygen atoms in total. The second-order valence-corrected chi connectivity index (χ2v) is 4.82. The van der Waals surface area contributed by atoms with Crippen molar-refractivity contribution in [1.82, 2.24) is 4.57 Å². The van der Waals surface area contributed by atoms with E-state index in [-0.39, 0.29) is 11.7 Å². The number of phenolic OH excluding ortho intramolecular Hbond substituents is 1. The van der Waals surface area contributed by atoms with Crippen LogP contribution in [0, 0.1) is 0 Å². The highest BCUT2D eigenvalue weighted by atomic mass is 16.5. The summed E-state index contributed by atoms with van der Waals surface area (Å²) >= 11 is 0. The molecule has 2 aromatic carbocycles. The molecule has 1 N–H and O–H groups in total. The van der Waals surface area contributed by atoms with Gasteiger partial charge >= 0.3 is 0 Å². The molecule has 2 heterocycles. The molecule has 0 aliphatic carbocycles. The first kappa shape index (κ1) is 11.1. The van der Waals surface area contributed by atoms with Gasteiger partial charge in [-0.3, -0.25) is 9.36 Å². The summed E-state index contributed by atoms with van der Waals surface area (Å²) in [6, 6.07) is 12.5. The third-order valence-corrected chi connectivity index (χ3v) is 3.72. The number of aromatic nitrogens is 1. The minimum Gasteiger partial charge on any atom is -0.508 e. The molecule has 0 atom stereocenters. The van der Waals surface area contributed by atoms with Crippen LogP contribution in [0.3, 0.4) is 0 Å². The Labute approximate surface area is 114 Å². The van der Waals surface area contributed by atoms with Gasteiger partial charge in [0.2, 0.25) is 0 Å². The van der Waals surface area contributed by atoms with Gasteiger partial charge in [-0.25, -0.2) is 0 Å². The third kappa shape index (κ3) is 1.28. The Morgan fingerprint density at radius 3 is 2.70 bits per heavy atom. The Kier molecular flexibility index (Phi) is 2.02. The average Bonchev–Trinajstić information content (AvgIpc) is 2.95. The molecule has 1 aromatic heterocycles. The van der Waals surface area contributed by atoms with E-state index in [2.05, 4.69) is 0 Å². The fourth-order valence-electron chi connectivity index (χ4n) is 2.79. The van der Waals surface area contributed by atoms with E-state index in [1.165, 1.54) is 6.07 Å². The van der Waals surface area contributed by atoms with E-state index in [1.54, 1.807) is 23.8 Å². The Bertz CT molecular complexity index is 877. The van der Waals surface area contributed by atoms with E-state index < -0.39 is 0 Å². The molecule has 0 saturated carbocycles. The van der Waals surface area contributed by atoms with Gasteiger partial charge in [-0.2, -0.15) is 0 Å². The summed E-state index contributed by atoms with van der Waals surface area (Å²) in [4.78, 5) is 12.5. The lowest BCUT2D eigenvalue weighted by atomic mass is 10.1. The number of carbonyl (C=O) groups excluding carboxylic acids is 1. The standard InChI is InChI=1S/C16H11NO3/c1-20-11-3-5-14-9(6-11)7-15-12-4-2-10(18)8-13(12)16(19)17(14)15/h2-8,18H,1H3. The fourth-order valence-corrected chi connectivity index (χ4v) is 2.79. The lowest BCUT2D eigenvalue weighted by molar-refractivity contribution is 0.0973. The topological polar surface area (TPSA) is 51.5 Å². The highest BCUT2D eigenvalue weighted by Crippen LogP contribution is 2.39. The van der Waals surface area contributed by atoms with Gasteiger partial charge in [0.25, 0.3) is 5.91 Å². The molecule has 0 radical (unpaired) electrons. The molecule has 0 bridgehead atoms. The molecule has 98 valence electrons. The zero-order valence-electron chi connectivity index (χ0n) is 10.8. The minimum absolute atomic E-state index is 0.105. The van der Waals surface area contributed by atoms with E-state index in [4.69, 9.17) is 4.74 Å². The van der Waals surface area contributed by atoms with E-state index in [0.717, 1.165) is 27.9 Å². The number of nitrogens with zero attached hydrogens (tertiary/aromatic N) is 1. The number of aromatic hydroxyl groups is 1. The molecule has 4 rings (SSSR count). The summed E-state index contributed by atoms with van der Waals surface area (Å²) in [6.45, 7) is 0. The number of rotatable bonds is 1. The second-order valence-electron chi connectivity index (χ2n) is 4.82. The number of fused-ring (bicyclic) bond motifs is 5. The molecule has 3 aromatic rings. The minimum atomic E-state index is -0.105. The number of hydrogen-bond donors (Lipinski definition) is 1. The van der Waals surface area contributed by atoms with Gasteiger partial charge in [0.1, 0.15) is 11.5 Å². The van der Waals surface area contributed by atoms with Crippen molar-refractivity contribution < 1.29 is 14.6 Å². The van der Waals surface area contributed by atoms with Crippen LogP contribution in [0.15, 0.2) is 42.5 Å². The number of methoxy groups -OCH3 is 1. The molecule has 4 heteroatoms. The summed E-state index contributed by atoms with van der Waals surface area (Å²) in [6.07, 6.45) is 0. The van der Waals surface area contributed by atoms with Gasteiger partial charge in [-0.05, 0) is 42.5 Å². The van der Waals surface area contributed by atoms with Crippen molar-refractivity contribution in [2.75, 3.05) is 7.11 Å². The SMILES string of the molecule is COc1ccc2c(c1)cc1n2C(=O)c2cc(O)ccc2-1. The first-order chi connectivity index (χ1) is 9.69. The Morgan fingerprint density at radius 1 is 1.05 bits per heavy atom. The largest absolute Gasteiger partial charge is 0.508 e. The van der Waals surface area contributed by atoms with Crippen LogP contribution in [0.2, 0.25) is 0 Å². The highest BCUT2D eigenvalue weighted by molar-refractivity contribution is 6.14. The lowest BCUT2D eigenvalue weighted by Crippen LogP contribution is -2.05. The van der Waals surface area contributed by atoms with Gasteiger partial charge < -0.3 is 9.84 Å². The number of hydrogen-bond acceptors (Lipinski definition) is 3. The molecule has 0 unspecified atom stereocenters. The van der Waals surface area contributed by atoms with Crippen molar-refractivity contribution in [2.24, 2.45) is 0 Å². The van der Waals surface area contributed by atoms with Crippen molar-refractivity contribution >= 4 is 16.8 Å². The summed E-state index contributed by atoms with van der Waals surface area (Å²) in [5.41, 5.74) is 3.09. The van der Waals surface area contributed by atoms with E-state index in [9.17, 15) is 9.90 Å². The number of phenols is 1.